The van der Waals surface area contributed by atoms with Gasteiger partial charge in [-0.05, 0) is 43.9 Å². The van der Waals surface area contributed by atoms with Crippen LogP contribution in [0.25, 0.3) is 0 Å². The quantitative estimate of drug-likeness (QED) is 0.581. The third-order valence-electron chi connectivity index (χ3n) is 2.83. The average Bonchev–Trinajstić information content (AvgIpc) is 2.38. The molecule has 0 aliphatic carbocycles. The normalized spacial score (nSPS) is 12.3. The number of hydrogen-bond donors (Lipinski definition) is 1. The van der Waals surface area contributed by atoms with Crippen LogP contribution in [0.5, 0.6) is 0 Å². The number of ether oxygens (including phenoxy) is 1. The van der Waals surface area contributed by atoms with Crippen molar-refractivity contribution in [2.24, 2.45) is 5.92 Å². The fourth-order valence-corrected chi connectivity index (χ4v) is 1.98. The van der Waals surface area contributed by atoms with E-state index in [1.165, 1.54) is 0 Å². The molecule has 0 fully saturated rings. The number of carbonyl (C=O) groups excluding carboxylic acids is 1. The molecule has 112 valence electrons. The molecule has 0 radical (unpaired) electrons. The van der Waals surface area contributed by atoms with Gasteiger partial charge < -0.3 is 10.1 Å². The molecule has 20 heavy (non-hydrogen) atoms. The number of halogens is 2. The first-order chi connectivity index (χ1) is 9.40. The topological polar surface area (TPSA) is 38.3 Å². The fourth-order valence-electron chi connectivity index (χ4n) is 1.68. The van der Waals surface area contributed by atoms with Gasteiger partial charge in [-0.15, -0.1) is 0 Å². The van der Waals surface area contributed by atoms with Gasteiger partial charge in [0.1, 0.15) is 6.04 Å². The van der Waals surface area contributed by atoms with Crippen LogP contribution in [0.4, 0.5) is 5.69 Å². The summed E-state index contributed by atoms with van der Waals surface area (Å²) in [5, 5.41) is 3.98. The smallest absolute Gasteiger partial charge is 0.328 e. The predicted octanol–water partition coefficient (Wildman–Crippen LogP) is 4.77. The van der Waals surface area contributed by atoms with Gasteiger partial charge in [-0.1, -0.05) is 37.0 Å². The highest BCUT2D eigenvalue weighted by Crippen LogP contribution is 2.25. The van der Waals surface area contributed by atoms with Crippen LogP contribution in [0.15, 0.2) is 18.2 Å². The van der Waals surface area contributed by atoms with Gasteiger partial charge in [0.05, 0.1) is 16.7 Å². The zero-order valence-electron chi connectivity index (χ0n) is 12.1. The minimum atomic E-state index is -0.425. The minimum Gasteiger partial charge on any atom is -0.464 e. The Morgan fingerprint density at radius 1 is 1.25 bits per heavy atom. The molecule has 0 aromatic heterocycles. The van der Waals surface area contributed by atoms with Crippen molar-refractivity contribution in [1.29, 1.82) is 0 Å². The largest absolute Gasteiger partial charge is 0.464 e. The molecule has 0 heterocycles. The minimum absolute atomic E-state index is 0.264. The van der Waals surface area contributed by atoms with Crippen LogP contribution in [-0.4, -0.2) is 18.6 Å². The summed E-state index contributed by atoms with van der Waals surface area (Å²) >= 11 is 11.8. The Hall–Kier alpha value is -0.930. The monoisotopic (exact) mass is 317 g/mol. The second-order valence-electron chi connectivity index (χ2n) is 5.20. The third kappa shape index (κ3) is 6.02. The lowest BCUT2D eigenvalue weighted by atomic mass is 10.1. The van der Waals surface area contributed by atoms with E-state index in [0.717, 1.165) is 18.5 Å². The Labute approximate surface area is 130 Å². The maximum Gasteiger partial charge on any atom is 0.328 e. The van der Waals surface area contributed by atoms with Gasteiger partial charge in [0.2, 0.25) is 0 Å². The molecule has 1 rings (SSSR count). The maximum absolute atomic E-state index is 11.8. The predicted molar refractivity (Wildman–Crippen MR) is 84.6 cm³/mol. The molecule has 0 aliphatic rings. The van der Waals surface area contributed by atoms with E-state index in [0.29, 0.717) is 22.6 Å². The van der Waals surface area contributed by atoms with Gasteiger partial charge in [-0.2, -0.15) is 0 Å². The second kappa shape index (κ2) is 8.38. The molecule has 0 bridgehead atoms. The van der Waals surface area contributed by atoms with E-state index in [1.54, 1.807) is 25.1 Å². The Kier molecular flexibility index (Phi) is 7.17. The van der Waals surface area contributed by atoms with Crippen molar-refractivity contribution in [2.75, 3.05) is 11.9 Å². The third-order valence-corrected chi connectivity index (χ3v) is 3.57. The van der Waals surface area contributed by atoms with Crippen LogP contribution < -0.4 is 5.32 Å². The summed E-state index contributed by atoms with van der Waals surface area (Å²) in [6, 6.07) is 4.72. The molecule has 0 amide bonds. The van der Waals surface area contributed by atoms with Crippen molar-refractivity contribution in [3.63, 3.8) is 0 Å². The number of hydrogen-bond acceptors (Lipinski definition) is 3. The summed E-state index contributed by atoms with van der Waals surface area (Å²) in [6.45, 7) is 6.52. The van der Waals surface area contributed by atoms with Gasteiger partial charge in [0.25, 0.3) is 0 Å². The molecule has 1 N–H and O–H groups in total. The lowest BCUT2D eigenvalue weighted by Crippen LogP contribution is -2.28. The zero-order chi connectivity index (χ0) is 15.1. The first-order valence-corrected chi connectivity index (χ1v) is 7.54. The molecule has 1 unspecified atom stereocenters. The standard InChI is InChI=1S/C15H21Cl2NO2/c1-10(2)5-4-8-20-15(19)11(3)18-12-6-7-13(16)14(17)9-12/h6-7,9-11,18H,4-5,8H2,1-3H3. The van der Waals surface area contributed by atoms with E-state index in [1.807, 2.05) is 0 Å². The summed E-state index contributed by atoms with van der Waals surface area (Å²) in [5.74, 6) is 0.361. The zero-order valence-corrected chi connectivity index (χ0v) is 13.6. The summed E-state index contributed by atoms with van der Waals surface area (Å²) in [5.41, 5.74) is 0.742. The molecule has 1 aromatic rings. The molecule has 0 saturated carbocycles. The average molecular weight is 318 g/mol. The lowest BCUT2D eigenvalue weighted by molar-refractivity contribution is -0.144. The van der Waals surface area contributed by atoms with Gasteiger partial charge in [0.15, 0.2) is 0 Å². The van der Waals surface area contributed by atoms with Gasteiger partial charge in [-0.25, -0.2) is 4.79 Å². The van der Waals surface area contributed by atoms with Crippen molar-refractivity contribution in [2.45, 2.75) is 39.7 Å². The van der Waals surface area contributed by atoms with Gasteiger partial charge in [0, 0.05) is 5.69 Å². The van der Waals surface area contributed by atoms with E-state index >= 15 is 0 Å². The van der Waals surface area contributed by atoms with Crippen LogP contribution in [-0.2, 0) is 9.53 Å². The number of anilines is 1. The molecule has 0 saturated heterocycles. The van der Waals surface area contributed by atoms with E-state index in [-0.39, 0.29) is 5.97 Å². The summed E-state index contributed by atoms with van der Waals surface area (Å²) in [6.07, 6.45) is 1.95. The van der Waals surface area contributed by atoms with E-state index in [4.69, 9.17) is 27.9 Å². The van der Waals surface area contributed by atoms with Crippen LogP contribution in [0.1, 0.15) is 33.6 Å². The van der Waals surface area contributed by atoms with Crippen molar-refractivity contribution >= 4 is 34.9 Å². The maximum atomic E-state index is 11.8. The molecular formula is C15H21Cl2NO2. The molecule has 3 nitrogen and oxygen atoms in total. The molecule has 0 aliphatic heterocycles. The highest BCUT2D eigenvalue weighted by molar-refractivity contribution is 6.42. The Morgan fingerprint density at radius 2 is 1.95 bits per heavy atom. The van der Waals surface area contributed by atoms with E-state index < -0.39 is 6.04 Å². The summed E-state index contributed by atoms with van der Waals surface area (Å²) in [4.78, 5) is 11.8. The Balaban J connectivity index is 2.39. The second-order valence-corrected chi connectivity index (χ2v) is 6.01. The molecule has 5 heteroatoms. The number of rotatable bonds is 7. The van der Waals surface area contributed by atoms with Crippen LogP contribution in [0.2, 0.25) is 10.0 Å². The highest BCUT2D eigenvalue weighted by Gasteiger charge is 2.14. The van der Waals surface area contributed by atoms with Crippen molar-refractivity contribution in [3.8, 4) is 0 Å². The van der Waals surface area contributed by atoms with Crippen LogP contribution >= 0.6 is 23.2 Å². The number of nitrogens with one attached hydrogen (secondary N) is 1. The highest BCUT2D eigenvalue weighted by atomic mass is 35.5. The fraction of sp³-hybridized carbons (Fsp3) is 0.533. The summed E-state index contributed by atoms with van der Waals surface area (Å²) < 4.78 is 5.22. The van der Waals surface area contributed by atoms with E-state index in [9.17, 15) is 4.79 Å². The summed E-state index contributed by atoms with van der Waals surface area (Å²) in [7, 11) is 0. The lowest BCUT2D eigenvalue weighted by Gasteiger charge is -2.15. The SMILES string of the molecule is CC(C)CCCOC(=O)C(C)Nc1ccc(Cl)c(Cl)c1. The van der Waals surface area contributed by atoms with E-state index in [2.05, 4.69) is 19.2 Å². The molecule has 1 aromatic carbocycles. The number of carbonyl (C=O) groups is 1. The first-order valence-electron chi connectivity index (χ1n) is 6.78. The number of benzene rings is 1. The van der Waals surface area contributed by atoms with Crippen molar-refractivity contribution < 1.29 is 9.53 Å². The molecule has 1 atom stereocenters. The van der Waals surface area contributed by atoms with Crippen LogP contribution in [0, 0.1) is 5.92 Å². The van der Waals surface area contributed by atoms with Gasteiger partial charge in [-0.3, -0.25) is 0 Å². The van der Waals surface area contributed by atoms with Crippen molar-refractivity contribution in [3.05, 3.63) is 28.2 Å². The Bertz CT molecular complexity index is 449. The first kappa shape index (κ1) is 17.1. The van der Waals surface area contributed by atoms with Gasteiger partial charge >= 0.3 is 5.97 Å². The Morgan fingerprint density at radius 3 is 2.55 bits per heavy atom. The molecular weight excluding hydrogens is 297 g/mol. The van der Waals surface area contributed by atoms with Crippen LogP contribution in [0.3, 0.4) is 0 Å². The van der Waals surface area contributed by atoms with Crippen molar-refractivity contribution in [1.82, 2.24) is 0 Å². The number of esters is 1. The molecule has 0 spiro atoms.